The van der Waals surface area contributed by atoms with Crippen LogP contribution in [-0.2, 0) is 9.47 Å². The molecule has 128 valence electrons. The SMILES string of the molecule is COC1CC(NCCN2CCN(C(=O)OC(C)(C)C)CC2)C1. The van der Waals surface area contributed by atoms with Crippen molar-refractivity contribution in [2.75, 3.05) is 46.4 Å². The smallest absolute Gasteiger partial charge is 0.410 e. The number of rotatable bonds is 5. The molecule has 0 aromatic heterocycles. The molecule has 6 nitrogen and oxygen atoms in total. The van der Waals surface area contributed by atoms with Crippen molar-refractivity contribution >= 4 is 6.09 Å². The summed E-state index contributed by atoms with van der Waals surface area (Å²) in [5, 5.41) is 3.57. The Bertz CT molecular complexity index is 356. The Labute approximate surface area is 134 Å². The van der Waals surface area contributed by atoms with E-state index in [-0.39, 0.29) is 6.09 Å². The molecule has 1 aliphatic carbocycles. The summed E-state index contributed by atoms with van der Waals surface area (Å²) < 4.78 is 10.7. The minimum Gasteiger partial charge on any atom is -0.444 e. The van der Waals surface area contributed by atoms with E-state index in [1.54, 1.807) is 7.11 Å². The highest BCUT2D eigenvalue weighted by Crippen LogP contribution is 2.22. The van der Waals surface area contributed by atoms with Crippen molar-refractivity contribution in [1.82, 2.24) is 15.1 Å². The Morgan fingerprint density at radius 3 is 2.36 bits per heavy atom. The van der Waals surface area contributed by atoms with Crippen LogP contribution in [0.15, 0.2) is 0 Å². The Hall–Kier alpha value is -0.850. The molecule has 0 bridgehead atoms. The van der Waals surface area contributed by atoms with Crippen molar-refractivity contribution in [3.8, 4) is 0 Å². The van der Waals surface area contributed by atoms with Gasteiger partial charge in [-0.1, -0.05) is 0 Å². The van der Waals surface area contributed by atoms with Gasteiger partial charge in [-0.15, -0.1) is 0 Å². The molecule has 0 radical (unpaired) electrons. The highest BCUT2D eigenvalue weighted by Gasteiger charge is 2.29. The Balaban J connectivity index is 1.56. The van der Waals surface area contributed by atoms with E-state index < -0.39 is 5.60 Å². The fraction of sp³-hybridized carbons (Fsp3) is 0.938. The number of carbonyl (C=O) groups excluding carboxylic acids is 1. The van der Waals surface area contributed by atoms with Crippen LogP contribution >= 0.6 is 0 Å². The van der Waals surface area contributed by atoms with E-state index in [9.17, 15) is 4.79 Å². The summed E-state index contributed by atoms with van der Waals surface area (Å²) in [5.41, 5.74) is -0.416. The lowest BCUT2D eigenvalue weighted by Gasteiger charge is -2.37. The molecule has 2 aliphatic rings. The quantitative estimate of drug-likeness (QED) is 0.829. The first-order chi connectivity index (χ1) is 10.4. The third-order valence-corrected chi connectivity index (χ3v) is 4.31. The van der Waals surface area contributed by atoms with Gasteiger partial charge in [-0.05, 0) is 33.6 Å². The first-order valence-electron chi connectivity index (χ1n) is 8.34. The van der Waals surface area contributed by atoms with E-state index in [1.165, 1.54) is 0 Å². The molecule has 0 unspecified atom stereocenters. The molecular formula is C16H31N3O3. The standard InChI is InChI=1S/C16H31N3O3/c1-16(2,3)22-15(20)19-9-7-18(8-10-19)6-5-17-13-11-14(12-13)21-4/h13-14,17H,5-12H2,1-4H3. The van der Waals surface area contributed by atoms with Crippen molar-refractivity contribution in [3.63, 3.8) is 0 Å². The summed E-state index contributed by atoms with van der Waals surface area (Å²) in [6.07, 6.45) is 2.52. The molecule has 2 fully saturated rings. The number of methoxy groups -OCH3 is 1. The monoisotopic (exact) mass is 313 g/mol. The van der Waals surface area contributed by atoms with Gasteiger partial charge in [0.1, 0.15) is 5.60 Å². The Morgan fingerprint density at radius 2 is 1.82 bits per heavy atom. The fourth-order valence-corrected chi connectivity index (χ4v) is 2.83. The second kappa shape index (κ2) is 7.62. The fourth-order valence-electron chi connectivity index (χ4n) is 2.83. The maximum absolute atomic E-state index is 12.0. The van der Waals surface area contributed by atoms with Crippen molar-refractivity contribution in [3.05, 3.63) is 0 Å². The number of hydrogen-bond donors (Lipinski definition) is 1. The molecule has 1 amide bonds. The molecular weight excluding hydrogens is 282 g/mol. The number of nitrogens with zero attached hydrogens (tertiary/aromatic N) is 2. The summed E-state index contributed by atoms with van der Waals surface area (Å²) in [4.78, 5) is 16.2. The zero-order valence-electron chi connectivity index (χ0n) is 14.4. The van der Waals surface area contributed by atoms with Crippen LogP contribution in [0.25, 0.3) is 0 Å². The number of ether oxygens (including phenoxy) is 2. The van der Waals surface area contributed by atoms with Crippen molar-refractivity contribution < 1.29 is 14.3 Å². The largest absolute Gasteiger partial charge is 0.444 e. The number of amides is 1. The summed E-state index contributed by atoms with van der Waals surface area (Å²) >= 11 is 0. The molecule has 1 saturated heterocycles. The zero-order valence-corrected chi connectivity index (χ0v) is 14.4. The van der Waals surface area contributed by atoms with Crippen LogP contribution in [-0.4, -0.2) is 80.0 Å². The molecule has 0 aromatic carbocycles. The third-order valence-electron chi connectivity index (χ3n) is 4.31. The zero-order chi connectivity index (χ0) is 16.2. The van der Waals surface area contributed by atoms with Crippen LogP contribution < -0.4 is 5.32 Å². The van der Waals surface area contributed by atoms with Gasteiger partial charge in [-0.25, -0.2) is 4.79 Å². The number of piperazine rings is 1. The summed E-state index contributed by atoms with van der Waals surface area (Å²) in [6, 6.07) is 0.619. The topological polar surface area (TPSA) is 54.0 Å². The van der Waals surface area contributed by atoms with Gasteiger partial charge in [-0.2, -0.15) is 0 Å². The van der Waals surface area contributed by atoms with Gasteiger partial charge in [0.15, 0.2) is 0 Å². The van der Waals surface area contributed by atoms with Gasteiger partial charge < -0.3 is 19.7 Å². The van der Waals surface area contributed by atoms with Gasteiger partial charge in [0, 0.05) is 52.4 Å². The van der Waals surface area contributed by atoms with Crippen LogP contribution in [0.1, 0.15) is 33.6 Å². The van der Waals surface area contributed by atoms with Gasteiger partial charge in [-0.3, -0.25) is 4.90 Å². The molecule has 0 atom stereocenters. The van der Waals surface area contributed by atoms with E-state index in [0.717, 1.165) is 52.1 Å². The van der Waals surface area contributed by atoms with Crippen molar-refractivity contribution in [2.45, 2.75) is 51.4 Å². The van der Waals surface area contributed by atoms with Gasteiger partial charge in [0.25, 0.3) is 0 Å². The van der Waals surface area contributed by atoms with Gasteiger partial charge in [0.05, 0.1) is 6.10 Å². The first-order valence-corrected chi connectivity index (χ1v) is 8.34. The van der Waals surface area contributed by atoms with Crippen LogP contribution in [0.4, 0.5) is 4.79 Å². The molecule has 6 heteroatoms. The molecule has 0 aromatic rings. The molecule has 22 heavy (non-hydrogen) atoms. The Kier molecular flexibility index (Phi) is 6.06. The lowest BCUT2D eigenvalue weighted by Crippen LogP contribution is -2.52. The lowest BCUT2D eigenvalue weighted by atomic mass is 9.89. The molecule has 1 N–H and O–H groups in total. The minimum absolute atomic E-state index is 0.189. The average molecular weight is 313 g/mol. The predicted molar refractivity (Wildman–Crippen MR) is 86.1 cm³/mol. The lowest BCUT2D eigenvalue weighted by molar-refractivity contribution is 0.0119. The third kappa shape index (κ3) is 5.41. The summed E-state index contributed by atoms with van der Waals surface area (Å²) in [6.45, 7) is 11.1. The summed E-state index contributed by atoms with van der Waals surface area (Å²) in [5.74, 6) is 0. The van der Waals surface area contributed by atoms with E-state index >= 15 is 0 Å². The maximum atomic E-state index is 12.0. The highest BCUT2D eigenvalue weighted by atomic mass is 16.6. The van der Waals surface area contributed by atoms with E-state index in [1.807, 2.05) is 25.7 Å². The molecule has 2 rings (SSSR count). The van der Waals surface area contributed by atoms with Crippen molar-refractivity contribution in [1.29, 1.82) is 0 Å². The van der Waals surface area contributed by atoms with E-state index in [0.29, 0.717) is 12.1 Å². The van der Waals surface area contributed by atoms with E-state index in [4.69, 9.17) is 9.47 Å². The second-order valence-corrected chi connectivity index (χ2v) is 7.29. The molecule has 1 saturated carbocycles. The Morgan fingerprint density at radius 1 is 1.18 bits per heavy atom. The first kappa shape index (κ1) is 17.5. The normalized spacial score (nSPS) is 26.6. The highest BCUT2D eigenvalue weighted by molar-refractivity contribution is 5.68. The number of carbonyl (C=O) groups is 1. The van der Waals surface area contributed by atoms with Crippen LogP contribution in [0.2, 0.25) is 0 Å². The average Bonchev–Trinajstić information content (AvgIpc) is 2.40. The van der Waals surface area contributed by atoms with Crippen LogP contribution in [0, 0.1) is 0 Å². The van der Waals surface area contributed by atoms with Crippen LogP contribution in [0.5, 0.6) is 0 Å². The number of hydrogen-bond acceptors (Lipinski definition) is 5. The molecule has 0 spiro atoms. The van der Waals surface area contributed by atoms with Gasteiger partial charge in [0.2, 0.25) is 0 Å². The maximum Gasteiger partial charge on any atom is 0.410 e. The molecule has 1 heterocycles. The summed E-state index contributed by atoms with van der Waals surface area (Å²) in [7, 11) is 1.78. The van der Waals surface area contributed by atoms with Crippen molar-refractivity contribution in [2.24, 2.45) is 0 Å². The molecule has 1 aliphatic heterocycles. The predicted octanol–water partition coefficient (Wildman–Crippen LogP) is 1.31. The second-order valence-electron chi connectivity index (χ2n) is 7.29. The van der Waals surface area contributed by atoms with Crippen LogP contribution in [0.3, 0.4) is 0 Å². The number of nitrogens with one attached hydrogen (secondary N) is 1. The van der Waals surface area contributed by atoms with E-state index in [2.05, 4.69) is 10.2 Å². The van der Waals surface area contributed by atoms with Gasteiger partial charge >= 0.3 is 6.09 Å². The minimum atomic E-state index is -0.416.